The lowest BCUT2D eigenvalue weighted by molar-refractivity contribution is 0.196. The highest BCUT2D eigenvalue weighted by atomic mass is 16.5. The van der Waals surface area contributed by atoms with Crippen molar-refractivity contribution in [3.63, 3.8) is 0 Å². The zero-order valence-corrected chi connectivity index (χ0v) is 14.1. The average Bonchev–Trinajstić information content (AvgIpc) is 3.01. The molecule has 5 heteroatoms. The first-order chi connectivity index (χ1) is 11.2. The van der Waals surface area contributed by atoms with Gasteiger partial charge in [0.05, 0.1) is 14.2 Å². The van der Waals surface area contributed by atoms with Crippen molar-refractivity contribution in [2.75, 3.05) is 27.3 Å². The molecule has 0 bridgehead atoms. The van der Waals surface area contributed by atoms with E-state index in [-0.39, 0.29) is 0 Å². The second kappa shape index (κ2) is 7.04. The number of benzene rings is 1. The lowest BCUT2D eigenvalue weighted by Crippen LogP contribution is -2.34. The van der Waals surface area contributed by atoms with E-state index in [2.05, 4.69) is 33.9 Å². The maximum absolute atomic E-state index is 5.37. The van der Waals surface area contributed by atoms with E-state index < -0.39 is 0 Å². The Kier molecular flexibility index (Phi) is 4.86. The van der Waals surface area contributed by atoms with Crippen molar-refractivity contribution < 1.29 is 9.47 Å². The van der Waals surface area contributed by atoms with Crippen LogP contribution in [-0.2, 0) is 6.54 Å². The van der Waals surface area contributed by atoms with Crippen molar-refractivity contribution in [1.29, 1.82) is 0 Å². The maximum atomic E-state index is 5.37. The standard InChI is InChI=1S/C18H25N3O2/c1-13-10-19-18(20-13)15-5-4-6-21(12-15)11-14-7-16(22-2)9-17(8-14)23-3/h7-10,15H,4-6,11-12H2,1-3H3,(H,19,20). The van der Waals surface area contributed by atoms with Crippen LogP contribution < -0.4 is 9.47 Å². The van der Waals surface area contributed by atoms with Gasteiger partial charge < -0.3 is 14.5 Å². The number of H-pyrrole nitrogens is 1. The van der Waals surface area contributed by atoms with E-state index in [0.717, 1.165) is 42.7 Å². The van der Waals surface area contributed by atoms with Gasteiger partial charge in [0.15, 0.2) is 0 Å². The molecule has 3 rings (SSSR count). The summed E-state index contributed by atoms with van der Waals surface area (Å²) in [6.07, 6.45) is 4.32. The number of ether oxygens (including phenoxy) is 2. The fraction of sp³-hybridized carbons (Fsp3) is 0.500. The van der Waals surface area contributed by atoms with E-state index in [1.54, 1.807) is 14.2 Å². The zero-order valence-electron chi connectivity index (χ0n) is 14.1. The van der Waals surface area contributed by atoms with Crippen LogP contribution in [0.15, 0.2) is 24.4 Å². The molecule has 1 N–H and O–H groups in total. The van der Waals surface area contributed by atoms with E-state index >= 15 is 0 Å². The van der Waals surface area contributed by atoms with Crippen molar-refractivity contribution in [3.8, 4) is 11.5 Å². The molecule has 1 aliphatic rings. The molecule has 0 spiro atoms. The molecular weight excluding hydrogens is 290 g/mol. The summed E-state index contributed by atoms with van der Waals surface area (Å²) in [6, 6.07) is 6.08. The quantitative estimate of drug-likeness (QED) is 0.921. The summed E-state index contributed by atoms with van der Waals surface area (Å²) in [7, 11) is 3.38. The Labute approximate surface area is 137 Å². The van der Waals surface area contributed by atoms with Crippen molar-refractivity contribution in [3.05, 3.63) is 41.5 Å². The number of methoxy groups -OCH3 is 2. The van der Waals surface area contributed by atoms with Gasteiger partial charge in [-0.15, -0.1) is 0 Å². The molecule has 1 aliphatic heterocycles. The minimum absolute atomic E-state index is 0.491. The van der Waals surface area contributed by atoms with Gasteiger partial charge in [-0.05, 0) is 44.0 Å². The molecule has 23 heavy (non-hydrogen) atoms. The van der Waals surface area contributed by atoms with Crippen LogP contribution in [0.4, 0.5) is 0 Å². The molecular formula is C18H25N3O2. The molecule has 1 aromatic heterocycles. The van der Waals surface area contributed by atoms with Crippen LogP contribution in [0.3, 0.4) is 0 Å². The van der Waals surface area contributed by atoms with Crippen LogP contribution in [0.25, 0.3) is 0 Å². The molecule has 5 nitrogen and oxygen atoms in total. The van der Waals surface area contributed by atoms with Gasteiger partial charge in [0.25, 0.3) is 0 Å². The minimum Gasteiger partial charge on any atom is -0.497 e. The number of nitrogens with zero attached hydrogens (tertiary/aromatic N) is 2. The van der Waals surface area contributed by atoms with E-state index in [1.807, 2.05) is 12.3 Å². The topological polar surface area (TPSA) is 50.4 Å². The second-order valence-corrected chi connectivity index (χ2v) is 6.25. The molecule has 0 aliphatic carbocycles. The van der Waals surface area contributed by atoms with Crippen LogP contribution in [0, 0.1) is 6.92 Å². The van der Waals surface area contributed by atoms with Gasteiger partial charge in [-0.1, -0.05) is 0 Å². The summed E-state index contributed by atoms with van der Waals surface area (Å²) in [5.74, 6) is 3.30. The number of likely N-dealkylation sites (tertiary alicyclic amines) is 1. The normalized spacial score (nSPS) is 18.8. The number of aromatic nitrogens is 2. The first-order valence-corrected chi connectivity index (χ1v) is 8.13. The monoisotopic (exact) mass is 315 g/mol. The summed E-state index contributed by atoms with van der Waals surface area (Å²) in [4.78, 5) is 10.4. The average molecular weight is 315 g/mol. The summed E-state index contributed by atoms with van der Waals surface area (Å²) in [6.45, 7) is 5.12. The molecule has 0 amide bonds. The molecule has 1 fully saturated rings. The number of rotatable bonds is 5. The number of imidazole rings is 1. The Morgan fingerprint density at radius 3 is 2.57 bits per heavy atom. The molecule has 2 aromatic rings. The van der Waals surface area contributed by atoms with Gasteiger partial charge in [-0.25, -0.2) is 4.98 Å². The highest BCUT2D eigenvalue weighted by Gasteiger charge is 2.23. The second-order valence-electron chi connectivity index (χ2n) is 6.25. The first-order valence-electron chi connectivity index (χ1n) is 8.13. The maximum Gasteiger partial charge on any atom is 0.122 e. The van der Waals surface area contributed by atoms with Gasteiger partial charge in [-0.3, -0.25) is 4.90 Å². The third-order valence-electron chi connectivity index (χ3n) is 4.43. The number of aromatic amines is 1. The Hall–Kier alpha value is -2.01. The predicted molar refractivity (Wildman–Crippen MR) is 90.1 cm³/mol. The minimum atomic E-state index is 0.491. The predicted octanol–water partition coefficient (Wildman–Crippen LogP) is 3.11. The fourth-order valence-corrected chi connectivity index (χ4v) is 3.28. The van der Waals surface area contributed by atoms with Crippen LogP contribution in [0.2, 0.25) is 0 Å². The van der Waals surface area contributed by atoms with E-state index in [9.17, 15) is 0 Å². The van der Waals surface area contributed by atoms with Crippen LogP contribution >= 0.6 is 0 Å². The van der Waals surface area contributed by atoms with Gasteiger partial charge in [0, 0.05) is 37.0 Å². The largest absolute Gasteiger partial charge is 0.497 e. The zero-order chi connectivity index (χ0) is 16.2. The highest BCUT2D eigenvalue weighted by Crippen LogP contribution is 2.28. The number of piperidine rings is 1. The molecule has 2 heterocycles. The molecule has 1 unspecified atom stereocenters. The van der Waals surface area contributed by atoms with Crippen molar-refractivity contribution in [2.45, 2.75) is 32.2 Å². The third-order valence-corrected chi connectivity index (χ3v) is 4.43. The van der Waals surface area contributed by atoms with Crippen molar-refractivity contribution in [2.24, 2.45) is 0 Å². The Morgan fingerprint density at radius 2 is 1.96 bits per heavy atom. The number of nitrogens with one attached hydrogen (secondary N) is 1. The SMILES string of the molecule is COc1cc(CN2CCCC(c3ncc(C)[nH]3)C2)cc(OC)c1. The summed E-state index contributed by atoms with van der Waals surface area (Å²) in [5, 5.41) is 0. The summed E-state index contributed by atoms with van der Waals surface area (Å²) < 4.78 is 10.7. The van der Waals surface area contributed by atoms with Gasteiger partial charge in [0.1, 0.15) is 17.3 Å². The van der Waals surface area contributed by atoms with E-state index in [0.29, 0.717) is 5.92 Å². The molecule has 1 saturated heterocycles. The highest BCUT2D eigenvalue weighted by molar-refractivity contribution is 5.38. The number of hydrogen-bond donors (Lipinski definition) is 1. The van der Waals surface area contributed by atoms with Crippen molar-refractivity contribution >= 4 is 0 Å². The lowest BCUT2D eigenvalue weighted by atomic mass is 9.97. The van der Waals surface area contributed by atoms with Crippen molar-refractivity contribution in [1.82, 2.24) is 14.9 Å². The fourth-order valence-electron chi connectivity index (χ4n) is 3.28. The first kappa shape index (κ1) is 15.9. The van der Waals surface area contributed by atoms with Crippen LogP contribution in [-0.4, -0.2) is 42.2 Å². The van der Waals surface area contributed by atoms with Crippen LogP contribution in [0.1, 0.15) is 35.8 Å². The Morgan fingerprint density at radius 1 is 1.22 bits per heavy atom. The third kappa shape index (κ3) is 3.85. The summed E-state index contributed by atoms with van der Waals surface area (Å²) >= 11 is 0. The Bertz CT molecular complexity index is 631. The van der Waals surface area contributed by atoms with Gasteiger partial charge in [-0.2, -0.15) is 0 Å². The molecule has 1 atom stereocenters. The smallest absolute Gasteiger partial charge is 0.122 e. The summed E-state index contributed by atoms with van der Waals surface area (Å²) in [5.41, 5.74) is 2.35. The molecule has 0 saturated carbocycles. The Balaban J connectivity index is 1.70. The number of hydrogen-bond acceptors (Lipinski definition) is 4. The van der Waals surface area contributed by atoms with E-state index in [4.69, 9.17) is 9.47 Å². The molecule has 0 radical (unpaired) electrons. The number of aryl methyl sites for hydroxylation is 1. The molecule has 124 valence electrons. The van der Waals surface area contributed by atoms with E-state index in [1.165, 1.54) is 18.4 Å². The lowest BCUT2D eigenvalue weighted by Gasteiger charge is -2.32. The van der Waals surface area contributed by atoms with Crippen LogP contribution in [0.5, 0.6) is 11.5 Å². The van der Waals surface area contributed by atoms with Gasteiger partial charge >= 0.3 is 0 Å². The molecule has 1 aromatic carbocycles. The van der Waals surface area contributed by atoms with Gasteiger partial charge in [0.2, 0.25) is 0 Å².